The van der Waals surface area contributed by atoms with Crippen LogP contribution in [0.5, 0.6) is 5.75 Å². The quantitative estimate of drug-likeness (QED) is 0.868. The highest BCUT2D eigenvalue weighted by molar-refractivity contribution is 9.10. The lowest BCUT2D eigenvalue weighted by molar-refractivity contribution is -0.135. The summed E-state index contributed by atoms with van der Waals surface area (Å²) >= 11 is 3.48. The van der Waals surface area contributed by atoms with Crippen molar-refractivity contribution in [1.29, 1.82) is 0 Å². The Morgan fingerprint density at radius 1 is 1.50 bits per heavy atom. The first-order valence-corrected chi connectivity index (χ1v) is 8.66. The van der Waals surface area contributed by atoms with Crippen molar-refractivity contribution in [2.45, 2.75) is 38.6 Å². The molecular formula is C17H25BrN2O2. The van der Waals surface area contributed by atoms with E-state index in [1.54, 1.807) is 7.11 Å². The van der Waals surface area contributed by atoms with Crippen molar-refractivity contribution < 1.29 is 9.53 Å². The predicted molar refractivity (Wildman–Crippen MR) is 92.0 cm³/mol. The summed E-state index contributed by atoms with van der Waals surface area (Å²) < 4.78 is 6.15. The summed E-state index contributed by atoms with van der Waals surface area (Å²) in [6.07, 6.45) is 3.38. The third-order valence-corrected chi connectivity index (χ3v) is 5.03. The van der Waals surface area contributed by atoms with E-state index in [1.165, 1.54) is 0 Å². The Balaban J connectivity index is 1.93. The highest BCUT2D eigenvalue weighted by atomic mass is 79.9. The molecule has 1 aromatic rings. The smallest absolute Gasteiger partial charge is 0.223 e. The molecule has 0 aromatic heterocycles. The second-order valence-corrected chi connectivity index (χ2v) is 6.93. The number of rotatable bonds is 5. The van der Waals surface area contributed by atoms with Crippen LogP contribution in [-0.2, 0) is 11.2 Å². The highest BCUT2D eigenvalue weighted by Crippen LogP contribution is 2.27. The number of amides is 1. The molecule has 2 rings (SSSR count). The van der Waals surface area contributed by atoms with E-state index >= 15 is 0 Å². The minimum atomic E-state index is 0.207. The number of carbonyl (C=O) groups is 1. The fraction of sp³-hybridized carbons (Fsp3) is 0.588. The maximum Gasteiger partial charge on any atom is 0.223 e. The zero-order chi connectivity index (χ0) is 16.1. The molecule has 1 aromatic carbocycles. The lowest BCUT2D eigenvalue weighted by atomic mass is 9.92. The highest BCUT2D eigenvalue weighted by Gasteiger charge is 2.28. The molecule has 0 saturated carbocycles. The molecular weight excluding hydrogens is 344 g/mol. The monoisotopic (exact) mass is 368 g/mol. The van der Waals surface area contributed by atoms with Gasteiger partial charge >= 0.3 is 0 Å². The molecule has 2 N–H and O–H groups in total. The summed E-state index contributed by atoms with van der Waals surface area (Å²) in [6, 6.07) is 6.16. The van der Waals surface area contributed by atoms with Gasteiger partial charge in [-0.2, -0.15) is 0 Å². The van der Waals surface area contributed by atoms with Crippen LogP contribution in [0.3, 0.4) is 0 Å². The number of methoxy groups -OCH3 is 1. The molecule has 122 valence electrons. The number of hydrogen-bond donors (Lipinski definition) is 1. The van der Waals surface area contributed by atoms with Crippen LogP contribution in [0.25, 0.3) is 0 Å². The molecule has 0 bridgehead atoms. The first kappa shape index (κ1) is 17.3. The zero-order valence-electron chi connectivity index (χ0n) is 13.3. The van der Waals surface area contributed by atoms with Gasteiger partial charge in [-0.3, -0.25) is 4.79 Å². The third-order valence-electron chi connectivity index (χ3n) is 4.41. The van der Waals surface area contributed by atoms with E-state index in [2.05, 4.69) is 22.9 Å². The molecule has 1 fully saturated rings. The Morgan fingerprint density at radius 2 is 2.27 bits per heavy atom. The number of likely N-dealkylation sites (tertiary alicyclic amines) is 1. The van der Waals surface area contributed by atoms with Crippen LogP contribution in [-0.4, -0.2) is 37.0 Å². The molecule has 1 amide bonds. The second-order valence-electron chi connectivity index (χ2n) is 6.08. The summed E-state index contributed by atoms with van der Waals surface area (Å²) in [5, 5.41) is 0. The summed E-state index contributed by atoms with van der Waals surface area (Å²) in [7, 11) is 1.65. The second kappa shape index (κ2) is 7.97. The van der Waals surface area contributed by atoms with E-state index < -0.39 is 0 Å². The molecule has 1 aliphatic rings. The molecule has 1 saturated heterocycles. The first-order valence-electron chi connectivity index (χ1n) is 7.87. The Kier molecular flexibility index (Phi) is 6.26. The molecule has 22 heavy (non-hydrogen) atoms. The van der Waals surface area contributed by atoms with E-state index in [4.69, 9.17) is 10.5 Å². The van der Waals surface area contributed by atoms with Gasteiger partial charge in [-0.05, 0) is 58.8 Å². The normalized spacial score (nSPS) is 21.7. The van der Waals surface area contributed by atoms with E-state index in [9.17, 15) is 4.79 Å². The summed E-state index contributed by atoms with van der Waals surface area (Å²) in [5.74, 6) is 1.69. The maximum absolute atomic E-state index is 12.5. The molecule has 0 spiro atoms. The Hall–Kier alpha value is -1.07. The standard InChI is InChI=1S/C17H25BrN2O2/c1-12-7-8-20(14(9-12)11-19)17(21)6-4-13-3-5-16(22-2)15(18)10-13/h3,5,10,12,14H,4,6-9,11,19H2,1-2H3. The van der Waals surface area contributed by atoms with Crippen LogP contribution in [0.15, 0.2) is 22.7 Å². The van der Waals surface area contributed by atoms with Crippen LogP contribution in [0, 0.1) is 5.92 Å². The van der Waals surface area contributed by atoms with Crippen LogP contribution >= 0.6 is 15.9 Å². The van der Waals surface area contributed by atoms with Crippen LogP contribution in [0.1, 0.15) is 31.7 Å². The number of nitrogens with zero attached hydrogens (tertiary/aromatic N) is 1. The Labute approximate surface area is 141 Å². The van der Waals surface area contributed by atoms with E-state index in [1.807, 2.05) is 23.1 Å². The van der Waals surface area contributed by atoms with Gasteiger partial charge in [0, 0.05) is 25.6 Å². The van der Waals surface area contributed by atoms with E-state index in [0.29, 0.717) is 18.9 Å². The molecule has 1 heterocycles. The van der Waals surface area contributed by atoms with Gasteiger partial charge in [-0.15, -0.1) is 0 Å². The Bertz CT molecular complexity index is 521. The summed E-state index contributed by atoms with van der Waals surface area (Å²) in [6.45, 7) is 3.64. The van der Waals surface area contributed by atoms with Crippen molar-refractivity contribution in [3.05, 3.63) is 28.2 Å². The van der Waals surface area contributed by atoms with Gasteiger partial charge in [0.25, 0.3) is 0 Å². The third kappa shape index (κ3) is 4.23. The van der Waals surface area contributed by atoms with Crippen LogP contribution in [0.4, 0.5) is 0 Å². The molecule has 2 atom stereocenters. The van der Waals surface area contributed by atoms with Crippen molar-refractivity contribution in [3.63, 3.8) is 0 Å². The summed E-state index contributed by atoms with van der Waals surface area (Å²) in [4.78, 5) is 14.5. The van der Waals surface area contributed by atoms with E-state index in [0.717, 1.165) is 41.6 Å². The number of carbonyl (C=O) groups excluding carboxylic acids is 1. The lowest BCUT2D eigenvalue weighted by Crippen LogP contribution is -2.49. The van der Waals surface area contributed by atoms with Gasteiger partial charge in [0.1, 0.15) is 5.75 Å². The Morgan fingerprint density at radius 3 is 2.91 bits per heavy atom. The van der Waals surface area contributed by atoms with Crippen molar-refractivity contribution in [1.82, 2.24) is 4.90 Å². The van der Waals surface area contributed by atoms with Crippen molar-refractivity contribution in [3.8, 4) is 5.75 Å². The number of halogens is 1. The van der Waals surface area contributed by atoms with Gasteiger partial charge in [0.05, 0.1) is 11.6 Å². The van der Waals surface area contributed by atoms with Gasteiger partial charge in [-0.1, -0.05) is 13.0 Å². The largest absolute Gasteiger partial charge is 0.496 e. The topological polar surface area (TPSA) is 55.6 Å². The molecule has 1 aliphatic heterocycles. The molecule has 0 radical (unpaired) electrons. The van der Waals surface area contributed by atoms with Crippen molar-refractivity contribution in [2.75, 3.05) is 20.2 Å². The number of benzene rings is 1. The molecule has 5 heteroatoms. The molecule has 0 aliphatic carbocycles. The van der Waals surface area contributed by atoms with Crippen molar-refractivity contribution >= 4 is 21.8 Å². The lowest BCUT2D eigenvalue weighted by Gasteiger charge is -2.38. The first-order chi connectivity index (χ1) is 10.5. The number of ether oxygens (including phenoxy) is 1. The van der Waals surface area contributed by atoms with Gasteiger partial charge in [0.2, 0.25) is 5.91 Å². The fourth-order valence-corrected chi connectivity index (χ4v) is 3.65. The fourth-order valence-electron chi connectivity index (χ4n) is 3.06. The van der Waals surface area contributed by atoms with Crippen molar-refractivity contribution in [2.24, 2.45) is 11.7 Å². The number of nitrogens with two attached hydrogens (primary N) is 1. The number of piperidine rings is 1. The van der Waals surface area contributed by atoms with E-state index in [-0.39, 0.29) is 11.9 Å². The van der Waals surface area contributed by atoms with Gasteiger partial charge in [0.15, 0.2) is 0 Å². The average molecular weight is 369 g/mol. The minimum absolute atomic E-state index is 0.207. The van der Waals surface area contributed by atoms with Gasteiger partial charge < -0.3 is 15.4 Å². The number of aryl methyl sites for hydroxylation is 1. The zero-order valence-corrected chi connectivity index (χ0v) is 14.9. The average Bonchev–Trinajstić information content (AvgIpc) is 2.52. The minimum Gasteiger partial charge on any atom is -0.496 e. The predicted octanol–water partition coefficient (Wildman–Crippen LogP) is 2.98. The number of hydrogen-bond acceptors (Lipinski definition) is 3. The van der Waals surface area contributed by atoms with Gasteiger partial charge in [-0.25, -0.2) is 0 Å². The summed E-state index contributed by atoms with van der Waals surface area (Å²) in [5.41, 5.74) is 6.97. The molecule has 2 unspecified atom stereocenters. The maximum atomic E-state index is 12.5. The van der Waals surface area contributed by atoms with Crippen LogP contribution < -0.4 is 10.5 Å². The van der Waals surface area contributed by atoms with Crippen LogP contribution in [0.2, 0.25) is 0 Å². The SMILES string of the molecule is COc1ccc(CCC(=O)N2CCC(C)CC2CN)cc1Br. The molecule has 4 nitrogen and oxygen atoms in total.